The van der Waals surface area contributed by atoms with Crippen LogP contribution in [0.2, 0.25) is 0 Å². The molecule has 0 spiro atoms. The van der Waals surface area contributed by atoms with Crippen molar-refractivity contribution in [3.05, 3.63) is 29.6 Å². The Balaban J connectivity index is 2.06. The fraction of sp³-hybridized carbons (Fsp3) is 0.462. The van der Waals surface area contributed by atoms with Gasteiger partial charge in [-0.2, -0.15) is 0 Å². The molecule has 0 aromatic heterocycles. The topological polar surface area (TPSA) is 35.5 Å². The fourth-order valence-corrected chi connectivity index (χ4v) is 1.85. The lowest BCUT2D eigenvalue weighted by atomic mass is 10.1. The van der Waals surface area contributed by atoms with E-state index in [0.717, 1.165) is 19.4 Å². The van der Waals surface area contributed by atoms with Crippen LogP contribution in [0.4, 0.5) is 4.39 Å². The molecule has 0 radical (unpaired) electrons. The van der Waals surface area contributed by atoms with Crippen LogP contribution in [0.25, 0.3) is 0 Å². The molecule has 0 N–H and O–H groups in total. The first-order chi connectivity index (χ1) is 8.16. The highest BCUT2D eigenvalue weighted by molar-refractivity contribution is 5.94. The number of hydrogen-bond donors (Lipinski definition) is 0. The Hall–Kier alpha value is -1.42. The highest BCUT2D eigenvalue weighted by Gasteiger charge is 2.16. The molecule has 1 fully saturated rings. The number of carbonyl (C=O) groups is 1. The number of carbonyl (C=O) groups excluding carboxylic acids is 1. The van der Waals surface area contributed by atoms with Gasteiger partial charge in [-0.25, -0.2) is 4.39 Å². The van der Waals surface area contributed by atoms with Crippen molar-refractivity contribution in [2.45, 2.75) is 25.9 Å². The van der Waals surface area contributed by atoms with Gasteiger partial charge in [0.05, 0.1) is 12.2 Å². The predicted molar refractivity (Wildman–Crippen MR) is 60.9 cm³/mol. The molecule has 0 saturated carbocycles. The van der Waals surface area contributed by atoms with Gasteiger partial charge in [-0.15, -0.1) is 0 Å². The first-order valence-electron chi connectivity index (χ1n) is 5.71. The smallest absolute Gasteiger partial charge is 0.162 e. The van der Waals surface area contributed by atoms with Gasteiger partial charge in [0.15, 0.2) is 5.78 Å². The molecule has 1 aliphatic rings. The zero-order valence-corrected chi connectivity index (χ0v) is 9.74. The van der Waals surface area contributed by atoms with Crippen molar-refractivity contribution in [3.8, 4) is 5.75 Å². The average molecular weight is 238 g/mol. The van der Waals surface area contributed by atoms with Crippen LogP contribution < -0.4 is 4.74 Å². The lowest BCUT2D eigenvalue weighted by Gasteiger charge is -2.23. The fourth-order valence-electron chi connectivity index (χ4n) is 1.85. The number of ether oxygens (including phenoxy) is 2. The second kappa shape index (κ2) is 5.27. The van der Waals surface area contributed by atoms with E-state index >= 15 is 0 Å². The van der Waals surface area contributed by atoms with Crippen molar-refractivity contribution in [2.24, 2.45) is 0 Å². The molecule has 1 aliphatic heterocycles. The summed E-state index contributed by atoms with van der Waals surface area (Å²) in [4.78, 5) is 11.1. The lowest BCUT2D eigenvalue weighted by Crippen LogP contribution is -2.28. The molecule has 0 aliphatic carbocycles. The van der Waals surface area contributed by atoms with Crippen LogP contribution in [-0.4, -0.2) is 25.1 Å². The van der Waals surface area contributed by atoms with Crippen molar-refractivity contribution < 1.29 is 18.7 Å². The Bertz CT molecular complexity index is 411. The van der Waals surface area contributed by atoms with Crippen LogP contribution >= 0.6 is 0 Å². The van der Waals surface area contributed by atoms with Crippen molar-refractivity contribution in [2.75, 3.05) is 13.2 Å². The largest absolute Gasteiger partial charge is 0.488 e. The zero-order valence-electron chi connectivity index (χ0n) is 9.74. The Kier molecular flexibility index (Phi) is 3.74. The third-order valence-corrected chi connectivity index (χ3v) is 2.74. The summed E-state index contributed by atoms with van der Waals surface area (Å²) in [5.74, 6) is -0.371. The van der Waals surface area contributed by atoms with Crippen LogP contribution in [0.5, 0.6) is 5.75 Å². The van der Waals surface area contributed by atoms with Gasteiger partial charge in [-0.3, -0.25) is 4.79 Å². The summed E-state index contributed by atoms with van der Waals surface area (Å²) in [5, 5.41) is 0. The van der Waals surface area contributed by atoms with Gasteiger partial charge < -0.3 is 9.47 Å². The minimum Gasteiger partial charge on any atom is -0.488 e. The van der Waals surface area contributed by atoms with E-state index < -0.39 is 5.82 Å². The van der Waals surface area contributed by atoms with Crippen LogP contribution in [0, 0.1) is 5.82 Å². The van der Waals surface area contributed by atoms with Gasteiger partial charge in [0, 0.05) is 12.7 Å². The molecule has 1 heterocycles. The first kappa shape index (κ1) is 12.0. The number of Topliss-reactive ketones (excluding diaryl/α,β-unsaturated/α-hetero) is 1. The molecule has 1 aromatic carbocycles. The van der Waals surface area contributed by atoms with Crippen molar-refractivity contribution >= 4 is 5.78 Å². The summed E-state index contributed by atoms with van der Waals surface area (Å²) >= 11 is 0. The van der Waals surface area contributed by atoms with Crippen molar-refractivity contribution in [1.29, 1.82) is 0 Å². The van der Waals surface area contributed by atoms with E-state index in [1.807, 2.05) is 0 Å². The average Bonchev–Trinajstić information content (AvgIpc) is 2.30. The second-order valence-corrected chi connectivity index (χ2v) is 4.15. The van der Waals surface area contributed by atoms with Crippen LogP contribution in [-0.2, 0) is 4.74 Å². The number of hydrogen-bond acceptors (Lipinski definition) is 3. The highest BCUT2D eigenvalue weighted by atomic mass is 19.1. The standard InChI is InChI=1S/C13H15FO3/c1-9(15)12-5-4-10(7-13(12)14)17-11-3-2-6-16-8-11/h4-5,7,11H,2-3,6,8H2,1H3. The van der Waals surface area contributed by atoms with Crippen molar-refractivity contribution in [1.82, 2.24) is 0 Å². The maximum absolute atomic E-state index is 13.5. The van der Waals surface area contributed by atoms with Gasteiger partial charge in [-0.1, -0.05) is 0 Å². The number of ketones is 1. The van der Waals surface area contributed by atoms with Gasteiger partial charge in [0.25, 0.3) is 0 Å². The number of halogens is 1. The molecule has 92 valence electrons. The quantitative estimate of drug-likeness (QED) is 0.759. The summed E-state index contributed by atoms with van der Waals surface area (Å²) in [6.45, 7) is 2.64. The molecule has 3 nitrogen and oxygen atoms in total. The van der Waals surface area contributed by atoms with Crippen LogP contribution in [0.1, 0.15) is 30.1 Å². The van der Waals surface area contributed by atoms with E-state index in [9.17, 15) is 9.18 Å². The summed E-state index contributed by atoms with van der Waals surface area (Å²) in [6.07, 6.45) is 1.85. The molecule has 2 rings (SSSR count). The van der Waals surface area contributed by atoms with E-state index in [4.69, 9.17) is 9.47 Å². The van der Waals surface area contributed by atoms with E-state index in [-0.39, 0.29) is 17.5 Å². The third kappa shape index (κ3) is 3.03. The molecule has 1 atom stereocenters. The summed E-state index contributed by atoms with van der Waals surface area (Å²) in [7, 11) is 0. The Morgan fingerprint density at radius 1 is 1.53 bits per heavy atom. The summed E-state index contributed by atoms with van der Waals surface area (Å²) < 4.78 is 24.4. The molecule has 0 amide bonds. The van der Waals surface area contributed by atoms with Gasteiger partial charge in [0.1, 0.15) is 17.7 Å². The van der Waals surface area contributed by atoms with Crippen LogP contribution in [0.15, 0.2) is 18.2 Å². The SMILES string of the molecule is CC(=O)c1ccc(OC2CCCOC2)cc1F. The Morgan fingerprint density at radius 2 is 2.35 bits per heavy atom. The van der Waals surface area contributed by atoms with Gasteiger partial charge in [-0.05, 0) is 31.9 Å². The van der Waals surface area contributed by atoms with E-state index in [0.29, 0.717) is 12.4 Å². The normalized spacial score (nSPS) is 20.0. The monoisotopic (exact) mass is 238 g/mol. The maximum atomic E-state index is 13.5. The van der Waals surface area contributed by atoms with Gasteiger partial charge >= 0.3 is 0 Å². The lowest BCUT2D eigenvalue weighted by molar-refractivity contribution is 0.00730. The third-order valence-electron chi connectivity index (χ3n) is 2.74. The maximum Gasteiger partial charge on any atom is 0.162 e. The molecule has 1 unspecified atom stereocenters. The second-order valence-electron chi connectivity index (χ2n) is 4.15. The summed E-state index contributed by atoms with van der Waals surface area (Å²) in [6, 6.07) is 4.33. The van der Waals surface area contributed by atoms with E-state index in [2.05, 4.69) is 0 Å². The molecule has 1 aromatic rings. The van der Waals surface area contributed by atoms with E-state index in [1.54, 1.807) is 6.07 Å². The van der Waals surface area contributed by atoms with Gasteiger partial charge in [0.2, 0.25) is 0 Å². The molecule has 17 heavy (non-hydrogen) atoms. The van der Waals surface area contributed by atoms with Crippen LogP contribution in [0.3, 0.4) is 0 Å². The van der Waals surface area contributed by atoms with E-state index in [1.165, 1.54) is 19.1 Å². The molecular weight excluding hydrogens is 223 g/mol. The molecule has 1 saturated heterocycles. The first-order valence-corrected chi connectivity index (χ1v) is 5.71. The molecular formula is C13H15FO3. The minimum atomic E-state index is -0.535. The number of rotatable bonds is 3. The Labute approximate surface area is 99.5 Å². The predicted octanol–water partition coefficient (Wildman–Crippen LogP) is 2.59. The zero-order chi connectivity index (χ0) is 12.3. The summed E-state index contributed by atoms with van der Waals surface area (Å²) in [5.41, 5.74) is 0.0947. The van der Waals surface area contributed by atoms with Crippen molar-refractivity contribution in [3.63, 3.8) is 0 Å². The minimum absolute atomic E-state index is 0.0219. The molecule has 4 heteroatoms. The highest BCUT2D eigenvalue weighted by Crippen LogP contribution is 2.20. The Morgan fingerprint density at radius 3 is 2.94 bits per heavy atom. The number of benzene rings is 1. The molecule has 0 bridgehead atoms.